The Hall–Kier alpha value is -3.52. The number of aryl methyl sites for hydroxylation is 1. The van der Waals surface area contributed by atoms with Gasteiger partial charge in [0, 0.05) is 35.5 Å². The standard InChI is InChI=1S/C25H28N5O4P/c1-4-33-35(31,34-5-2)24(23-9-7-15-32-23)28-20-11-10-18(3)22(16-20)30-25-27-14-12-21(29-25)19-8-6-13-26-17-19/h6-17,24,28H,4-5H2,1-3H3,(H,27,29,30). The van der Waals surface area contributed by atoms with E-state index in [-0.39, 0.29) is 13.2 Å². The minimum absolute atomic E-state index is 0.238. The van der Waals surface area contributed by atoms with Crippen molar-refractivity contribution in [3.8, 4) is 11.3 Å². The Bertz CT molecular complexity index is 1270. The molecule has 4 rings (SSSR count). The number of furan rings is 1. The molecular weight excluding hydrogens is 465 g/mol. The number of anilines is 3. The lowest BCUT2D eigenvalue weighted by Crippen LogP contribution is -2.15. The van der Waals surface area contributed by atoms with Gasteiger partial charge in [-0.25, -0.2) is 9.97 Å². The van der Waals surface area contributed by atoms with Gasteiger partial charge in [0.2, 0.25) is 5.95 Å². The van der Waals surface area contributed by atoms with Gasteiger partial charge in [-0.1, -0.05) is 6.07 Å². The van der Waals surface area contributed by atoms with E-state index in [1.54, 1.807) is 44.6 Å². The molecule has 182 valence electrons. The van der Waals surface area contributed by atoms with Gasteiger partial charge in [0.15, 0.2) is 5.78 Å². The summed E-state index contributed by atoms with van der Waals surface area (Å²) in [5.41, 5.74) is 4.13. The maximum Gasteiger partial charge on any atom is 0.360 e. The van der Waals surface area contributed by atoms with Gasteiger partial charge in [0.05, 0.1) is 25.2 Å². The van der Waals surface area contributed by atoms with Gasteiger partial charge < -0.3 is 24.1 Å². The molecule has 3 aromatic heterocycles. The Kier molecular flexibility index (Phi) is 7.92. The van der Waals surface area contributed by atoms with Crippen LogP contribution >= 0.6 is 7.60 Å². The molecule has 35 heavy (non-hydrogen) atoms. The van der Waals surface area contributed by atoms with Crippen molar-refractivity contribution in [2.45, 2.75) is 26.6 Å². The molecule has 0 bridgehead atoms. The lowest BCUT2D eigenvalue weighted by molar-refractivity contribution is 0.211. The lowest BCUT2D eigenvalue weighted by atomic mass is 10.1. The number of nitrogens with zero attached hydrogens (tertiary/aromatic N) is 3. The van der Waals surface area contributed by atoms with Crippen LogP contribution in [0.25, 0.3) is 11.3 Å². The molecule has 0 amide bonds. The van der Waals surface area contributed by atoms with Crippen molar-refractivity contribution >= 4 is 24.9 Å². The molecule has 1 aromatic carbocycles. The van der Waals surface area contributed by atoms with E-state index in [2.05, 4.69) is 25.6 Å². The van der Waals surface area contributed by atoms with Crippen LogP contribution in [0.5, 0.6) is 0 Å². The fourth-order valence-electron chi connectivity index (χ4n) is 3.52. The number of rotatable bonds is 11. The van der Waals surface area contributed by atoms with Crippen molar-refractivity contribution in [2.24, 2.45) is 0 Å². The Morgan fingerprint density at radius 3 is 2.57 bits per heavy atom. The van der Waals surface area contributed by atoms with Crippen molar-refractivity contribution in [3.63, 3.8) is 0 Å². The molecule has 0 saturated heterocycles. The van der Waals surface area contributed by atoms with Crippen molar-refractivity contribution in [1.82, 2.24) is 15.0 Å². The summed E-state index contributed by atoms with van der Waals surface area (Å²) in [7, 11) is -3.57. The highest BCUT2D eigenvalue weighted by Crippen LogP contribution is 2.60. The number of aromatic nitrogens is 3. The summed E-state index contributed by atoms with van der Waals surface area (Å²) in [6, 6.07) is 14.9. The van der Waals surface area contributed by atoms with Gasteiger partial charge in [0.1, 0.15) is 5.76 Å². The van der Waals surface area contributed by atoms with Crippen LogP contribution in [0.1, 0.15) is 31.0 Å². The highest BCUT2D eigenvalue weighted by atomic mass is 31.2. The summed E-state index contributed by atoms with van der Waals surface area (Å²) in [6.07, 6.45) is 6.70. The smallest absolute Gasteiger partial charge is 0.360 e. The Labute approximate surface area is 204 Å². The lowest BCUT2D eigenvalue weighted by Gasteiger charge is -2.26. The van der Waals surface area contributed by atoms with E-state index in [1.807, 2.05) is 43.3 Å². The zero-order chi connectivity index (χ0) is 24.7. The minimum atomic E-state index is -3.57. The third kappa shape index (κ3) is 5.95. The molecule has 2 N–H and O–H groups in total. The summed E-state index contributed by atoms with van der Waals surface area (Å²) in [4.78, 5) is 13.1. The number of pyridine rings is 1. The summed E-state index contributed by atoms with van der Waals surface area (Å²) in [6.45, 7) is 6.01. The Morgan fingerprint density at radius 1 is 1.06 bits per heavy atom. The van der Waals surface area contributed by atoms with E-state index in [0.717, 1.165) is 22.5 Å². The molecular formula is C25H28N5O4P. The zero-order valence-electron chi connectivity index (χ0n) is 19.8. The number of benzene rings is 1. The fraction of sp³-hybridized carbons (Fsp3) is 0.240. The van der Waals surface area contributed by atoms with E-state index in [4.69, 9.17) is 13.5 Å². The predicted molar refractivity (Wildman–Crippen MR) is 136 cm³/mol. The van der Waals surface area contributed by atoms with Gasteiger partial charge >= 0.3 is 7.60 Å². The summed E-state index contributed by atoms with van der Waals surface area (Å²) in [5.74, 6) is 0.0828. The van der Waals surface area contributed by atoms with Crippen molar-refractivity contribution in [3.05, 3.63) is 84.7 Å². The molecule has 0 fully saturated rings. The van der Waals surface area contributed by atoms with Crippen LogP contribution in [-0.4, -0.2) is 28.2 Å². The van der Waals surface area contributed by atoms with E-state index < -0.39 is 13.4 Å². The molecule has 0 saturated carbocycles. The van der Waals surface area contributed by atoms with Gasteiger partial charge in [-0.3, -0.25) is 9.55 Å². The molecule has 10 heteroatoms. The van der Waals surface area contributed by atoms with Crippen LogP contribution in [-0.2, 0) is 13.6 Å². The van der Waals surface area contributed by atoms with E-state index in [1.165, 1.54) is 6.26 Å². The van der Waals surface area contributed by atoms with Gasteiger partial charge in [-0.2, -0.15) is 0 Å². The normalized spacial score (nSPS) is 12.3. The maximum absolute atomic E-state index is 13.6. The number of nitrogens with one attached hydrogen (secondary N) is 2. The molecule has 0 aliphatic rings. The monoisotopic (exact) mass is 493 g/mol. The molecule has 0 aliphatic carbocycles. The second-order valence-corrected chi connectivity index (χ2v) is 9.71. The second-order valence-electron chi connectivity index (χ2n) is 7.60. The average molecular weight is 494 g/mol. The van der Waals surface area contributed by atoms with E-state index in [9.17, 15) is 4.57 Å². The second kappa shape index (κ2) is 11.3. The molecule has 0 aliphatic heterocycles. The van der Waals surface area contributed by atoms with Gasteiger partial charge in [0.25, 0.3) is 0 Å². The Balaban J connectivity index is 1.62. The molecule has 3 heterocycles. The van der Waals surface area contributed by atoms with Crippen LogP contribution in [0.3, 0.4) is 0 Å². The first-order valence-electron chi connectivity index (χ1n) is 11.3. The van der Waals surface area contributed by atoms with Crippen molar-refractivity contribution < 1.29 is 18.0 Å². The maximum atomic E-state index is 13.6. The number of hydrogen-bond acceptors (Lipinski definition) is 9. The first-order chi connectivity index (χ1) is 17.0. The molecule has 1 unspecified atom stereocenters. The first-order valence-corrected chi connectivity index (χ1v) is 12.9. The van der Waals surface area contributed by atoms with E-state index >= 15 is 0 Å². The van der Waals surface area contributed by atoms with Gasteiger partial charge in [-0.05, 0) is 68.8 Å². The summed E-state index contributed by atoms with van der Waals surface area (Å²) >= 11 is 0. The molecule has 1 atom stereocenters. The topological polar surface area (TPSA) is 111 Å². The zero-order valence-corrected chi connectivity index (χ0v) is 20.7. The van der Waals surface area contributed by atoms with Crippen LogP contribution < -0.4 is 10.6 Å². The summed E-state index contributed by atoms with van der Waals surface area (Å²) < 4.78 is 30.4. The molecule has 0 radical (unpaired) electrons. The largest absolute Gasteiger partial charge is 0.466 e. The van der Waals surface area contributed by atoms with Crippen LogP contribution in [0.15, 0.2) is 77.8 Å². The van der Waals surface area contributed by atoms with Crippen molar-refractivity contribution in [2.75, 3.05) is 23.8 Å². The minimum Gasteiger partial charge on any atom is -0.466 e. The highest BCUT2D eigenvalue weighted by molar-refractivity contribution is 7.54. The molecule has 9 nitrogen and oxygen atoms in total. The first kappa shape index (κ1) is 24.6. The van der Waals surface area contributed by atoms with Crippen LogP contribution in [0.2, 0.25) is 0 Å². The SMILES string of the molecule is CCOP(=O)(OCC)C(Nc1ccc(C)c(Nc2nccc(-c3cccnc3)n2)c1)c1ccco1. The Morgan fingerprint density at radius 2 is 1.89 bits per heavy atom. The third-order valence-corrected chi connectivity index (χ3v) is 7.40. The average Bonchev–Trinajstić information content (AvgIpc) is 3.40. The highest BCUT2D eigenvalue weighted by Gasteiger charge is 2.39. The van der Waals surface area contributed by atoms with Crippen LogP contribution in [0, 0.1) is 6.92 Å². The molecule has 4 aromatic rings. The quantitative estimate of drug-likeness (QED) is 0.224. The van der Waals surface area contributed by atoms with Gasteiger partial charge in [-0.15, -0.1) is 0 Å². The van der Waals surface area contributed by atoms with E-state index in [0.29, 0.717) is 17.4 Å². The number of hydrogen-bond donors (Lipinski definition) is 2. The predicted octanol–water partition coefficient (Wildman–Crippen LogP) is 6.56. The molecule has 0 spiro atoms. The van der Waals surface area contributed by atoms with Crippen LogP contribution in [0.4, 0.5) is 17.3 Å². The van der Waals surface area contributed by atoms with Crippen molar-refractivity contribution in [1.29, 1.82) is 0 Å². The third-order valence-electron chi connectivity index (χ3n) is 5.15. The summed E-state index contributed by atoms with van der Waals surface area (Å²) in [5, 5.41) is 6.57. The fourth-order valence-corrected chi connectivity index (χ4v) is 5.38.